The van der Waals surface area contributed by atoms with E-state index in [1.54, 1.807) is 23.1 Å². The molecule has 0 aliphatic carbocycles. The predicted molar refractivity (Wildman–Crippen MR) is 102 cm³/mol. The van der Waals surface area contributed by atoms with Crippen LogP contribution in [0.25, 0.3) is 6.08 Å². The van der Waals surface area contributed by atoms with Crippen LogP contribution in [0.2, 0.25) is 5.02 Å². The number of ether oxygens (including phenoxy) is 2. The third-order valence-corrected chi connectivity index (χ3v) is 4.31. The van der Waals surface area contributed by atoms with E-state index in [2.05, 4.69) is 5.32 Å². The number of rotatable bonds is 6. The second-order valence-corrected chi connectivity index (χ2v) is 6.69. The lowest BCUT2D eigenvalue weighted by molar-refractivity contribution is -0.140. The Morgan fingerprint density at radius 1 is 1.46 bits per heavy atom. The Morgan fingerprint density at radius 2 is 2.19 bits per heavy atom. The molecule has 1 aliphatic rings. The van der Waals surface area contributed by atoms with E-state index < -0.39 is 6.04 Å². The molecular formula is C19H25ClN2O4. The zero-order valence-electron chi connectivity index (χ0n) is 15.5. The van der Waals surface area contributed by atoms with E-state index in [9.17, 15) is 9.59 Å². The summed E-state index contributed by atoms with van der Waals surface area (Å²) < 4.78 is 11.0. The molecule has 7 heteroatoms. The third-order valence-electron chi connectivity index (χ3n) is 4.02. The lowest BCUT2D eigenvalue weighted by atomic mass is 10.1. The lowest BCUT2D eigenvalue weighted by Gasteiger charge is -2.33. The van der Waals surface area contributed by atoms with Crippen LogP contribution in [-0.2, 0) is 9.59 Å². The number of amides is 2. The Labute approximate surface area is 159 Å². The molecule has 0 spiro atoms. The predicted octanol–water partition coefficient (Wildman–Crippen LogP) is 2.89. The average molecular weight is 381 g/mol. The molecular weight excluding hydrogens is 356 g/mol. The van der Waals surface area contributed by atoms with Gasteiger partial charge in [0.2, 0.25) is 11.8 Å². The van der Waals surface area contributed by atoms with Gasteiger partial charge in [0, 0.05) is 19.2 Å². The van der Waals surface area contributed by atoms with Gasteiger partial charge in [-0.1, -0.05) is 18.5 Å². The van der Waals surface area contributed by atoms with Gasteiger partial charge in [0.1, 0.15) is 6.04 Å². The minimum atomic E-state index is -0.430. The standard InChI is InChI=1S/C19H25ClN2O4/c1-5-15-19(24)21-8-9-22(15)17(23)7-6-13-10-14(20)18(26-12(2)3)16(11-13)25-4/h6-7,10-12,15H,5,8-9H2,1-4H3,(H,21,24). The average Bonchev–Trinajstić information content (AvgIpc) is 2.60. The molecule has 1 atom stereocenters. The number of carbonyl (C=O) groups excluding carboxylic acids is 2. The maximum atomic E-state index is 12.5. The zero-order chi connectivity index (χ0) is 19.3. The van der Waals surface area contributed by atoms with Gasteiger partial charge in [-0.2, -0.15) is 0 Å². The number of hydrogen-bond donors (Lipinski definition) is 1. The molecule has 1 heterocycles. The van der Waals surface area contributed by atoms with Crippen molar-refractivity contribution < 1.29 is 19.1 Å². The lowest BCUT2D eigenvalue weighted by Crippen LogP contribution is -2.56. The molecule has 0 bridgehead atoms. The van der Waals surface area contributed by atoms with E-state index in [0.29, 0.717) is 41.6 Å². The minimum Gasteiger partial charge on any atom is -0.493 e. The largest absolute Gasteiger partial charge is 0.493 e. The fourth-order valence-corrected chi connectivity index (χ4v) is 3.10. The first-order chi connectivity index (χ1) is 12.4. The van der Waals surface area contributed by atoms with Crippen molar-refractivity contribution in [2.75, 3.05) is 20.2 Å². The Bertz CT molecular complexity index is 703. The van der Waals surface area contributed by atoms with Gasteiger partial charge in [0.15, 0.2) is 11.5 Å². The van der Waals surface area contributed by atoms with Crippen LogP contribution in [0.15, 0.2) is 18.2 Å². The highest BCUT2D eigenvalue weighted by atomic mass is 35.5. The monoisotopic (exact) mass is 380 g/mol. The summed E-state index contributed by atoms with van der Waals surface area (Å²) in [5.74, 6) is 0.665. The quantitative estimate of drug-likeness (QED) is 0.770. The van der Waals surface area contributed by atoms with Gasteiger partial charge in [-0.05, 0) is 44.0 Å². The first kappa shape index (κ1) is 20.1. The highest BCUT2D eigenvalue weighted by Gasteiger charge is 2.30. The van der Waals surface area contributed by atoms with E-state index in [4.69, 9.17) is 21.1 Å². The molecule has 0 saturated carbocycles. The van der Waals surface area contributed by atoms with Crippen molar-refractivity contribution in [3.05, 3.63) is 28.8 Å². The fraction of sp³-hybridized carbons (Fsp3) is 0.474. The molecule has 1 aliphatic heterocycles. The van der Waals surface area contributed by atoms with Crippen LogP contribution in [-0.4, -0.2) is 49.1 Å². The Morgan fingerprint density at radius 3 is 2.81 bits per heavy atom. The summed E-state index contributed by atoms with van der Waals surface area (Å²) in [5, 5.41) is 3.19. The minimum absolute atomic E-state index is 0.0411. The molecule has 1 unspecified atom stereocenters. The molecule has 0 radical (unpaired) electrons. The van der Waals surface area contributed by atoms with Crippen LogP contribution in [0.4, 0.5) is 0 Å². The number of nitrogens with one attached hydrogen (secondary N) is 1. The first-order valence-corrected chi connectivity index (χ1v) is 9.05. The van der Waals surface area contributed by atoms with Crippen molar-refractivity contribution in [3.63, 3.8) is 0 Å². The summed E-state index contributed by atoms with van der Waals surface area (Å²) in [6.45, 7) is 6.66. The van der Waals surface area contributed by atoms with Gasteiger partial charge in [0.05, 0.1) is 18.2 Å². The maximum absolute atomic E-state index is 12.5. The van der Waals surface area contributed by atoms with Crippen molar-refractivity contribution >= 4 is 29.5 Å². The summed E-state index contributed by atoms with van der Waals surface area (Å²) in [6, 6.07) is 3.04. The normalized spacial score (nSPS) is 17.5. The van der Waals surface area contributed by atoms with Crippen LogP contribution < -0.4 is 14.8 Å². The fourth-order valence-electron chi connectivity index (χ4n) is 2.83. The highest BCUT2D eigenvalue weighted by Crippen LogP contribution is 2.37. The van der Waals surface area contributed by atoms with Gasteiger partial charge < -0.3 is 19.7 Å². The number of halogens is 1. The Balaban J connectivity index is 2.20. The van der Waals surface area contributed by atoms with E-state index in [-0.39, 0.29) is 17.9 Å². The van der Waals surface area contributed by atoms with Crippen molar-refractivity contribution in [3.8, 4) is 11.5 Å². The molecule has 1 N–H and O–H groups in total. The molecule has 2 rings (SSSR count). The number of carbonyl (C=O) groups is 2. The number of hydrogen-bond acceptors (Lipinski definition) is 4. The molecule has 1 aromatic carbocycles. The van der Waals surface area contributed by atoms with E-state index in [1.165, 1.54) is 13.2 Å². The number of piperazine rings is 1. The molecule has 6 nitrogen and oxygen atoms in total. The van der Waals surface area contributed by atoms with E-state index in [0.717, 1.165) is 0 Å². The van der Waals surface area contributed by atoms with Gasteiger partial charge in [-0.25, -0.2) is 0 Å². The topological polar surface area (TPSA) is 67.9 Å². The SMILES string of the molecule is CCC1C(=O)NCCN1C(=O)C=Cc1cc(Cl)c(OC(C)C)c(OC)c1. The molecule has 142 valence electrons. The van der Waals surface area contributed by atoms with Crippen LogP contribution in [0.5, 0.6) is 11.5 Å². The number of nitrogens with zero attached hydrogens (tertiary/aromatic N) is 1. The summed E-state index contributed by atoms with van der Waals surface area (Å²) in [4.78, 5) is 26.0. The van der Waals surface area contributed by atoms with Crippen molar-refractivity contribution in [1.29, 1.82) is 0 Å². The maximum Gasteiger partial charge on any atom is 0.247 e. The molecule has 26 heavy (non-hydrogen) atoms. The van der Waals surface area contributed by atoms with Gasteiger partial charge >= 0.3 is 0 Å². The van der Waals surface area contributed by atoms with Crippen LogP contribution in [0, 0.1) is 0 Å². The second kappa shape index (κ2) is 8.94. The van der Waals surface area contributed by atoms with Crippen molar-refractivity contribution in [2.24, 2.45) is 0 Å². The van der Waals surface area contributed by atoms with Crippen LogP contribution in [0.1, 0.15) is 32.8 Å². The summed E-state index contributed by atoms with van der Waals surface area (Å²) in [7, 11) is 1.54. The zero-order valence-corrected chi connectivity index (χ0v) is 16.3. The molecule has 1 aromatic rings. The van der Waals surface area contributed by atoms with Crippen LogP contribution in [0.3, 0.4) is 0 Å². The molecule has 1 fully saturated rings. The van der Waals surface area contributed by atoms with Gasteiger partial charge in [-0.15, -0.1) is 0 Å². The number of methoxy groups -OCH3 is 1. The molecule has 1 saturated heterocycles. The first-order valence-electron chi connectivity index (χ1n) is 8.68. The summed E-state index contributed by atoms with van der Waals surface area (Å²) >= 11 is 6.30. The Hall–Kier alpha value is -2.21. The molecule has 2 amide bonds. The summed E-state index contributed by atoms with van der Waals surface area (Å²) in [5.41, 5.74) is 0.714. The van der Waals surface area contributed by atoms with E-state index in [1.807, 2.05) is 20.8 Å². The smallest absolute Gasteiger partial charge is 0.247 e. The third kappa shape index (κ3) is 4.69. The van der Waals surface area contributed by atoms with Crippen molar-refractivity contribution in [1.82, 2.24) is 10.2 Å². The highest BCUT2D eigenvalue weighted by molar-refractivity contribution is 6.32. The van der Waals surface area contributed by atoms with Crippen LogP contribution >= 0.6 is 11.6 Å². The van der Waals surface area contributed by atoms with Gasteiger partial charge in [-0.3, -0.25) is 9.59 Å². The second-order valence-electron chi connectivity index (χ2n) is 6.28. The van der Waals surface area contributed by atoms with Gasteiger partial charge in [0.25, 0.3) is 0 Å². The molecule has 0 aromatic heterocycles. The van der Waals surface area contributed by atoms with E-state index >= 15 is 0 Å². The number of benzene rings is 1. The summed E-state index contributed by atoms with van der Waals surface area (Å²) in [6.07, 6.45) is 3.65. The Kier molecular flexibility index (Phi) is 6.91. The van der Waals surface area contributed by atoms with Crippen molar-refractivity contribution in [2.45, 2.75) is 39.3 Å².